The van der Waals surface area contributed by atoms with Crippen LogP contribution in [0.2, 0.25) is 0 Å². The fourth-order valence-corrected chi connectivity index (χ4v) is 3.33. The second-order valence-corrected chi connectivity index (χ2v) is 5.98. The molecular weight excluding hydrogens is 266 g/mol. The van der Waals surface area contributed by atoms with Gasteiger partial charge in [0.15, 0.2) is 0 Å². The van der Waals surface area contributed by atoms with Gasteiger partial charge in [0.2, 0.25) is 5.91 Å². The van der Waals surface area contributed by atoms with Crippen molar-refractivity contribution < 1.29 is 9.53 Å². The Balaban J connectivity index is 1.49. The Morgan fingerprint density at radius 1 is 1.33 bits per heavy atom. The number of nitrogens with one attached hydrogen (secondary N) is 2. The zero-order chi connectivity index (χ0) is 14.7. The molecule has 0 aromatic heterocycles. The number of fused-ring (bicyclic) bond motifs is 1. The van der Waals surface area contributed by atoms with Gasteiger partial charge in [-0.1, -0.05) is 0 Å². The molecule has 3 rings (SSSR count). The summed E-state index contributed by atoms with van der Waals surface area (Å²) in [4.78, 5) is 14.4. The van der Waals surface area contributed by atoms with E-state index in [-0.39, 0.29) is 5.91 Å². The van der Waals surface area contributed by atoms with E-state index < -0.39 is 0 Å². The molecule has 114 valence electrons. The van der Waals surface area contributed by atoms with E-state index in [1.807, 2.05) is 24.3 Å². The first kappa shape index (κ1) is 14.4. The summed E-state index contributed by atoms with van der Waals surface area (Å²) in [7, 11) is 1.63. The van der Waals surface area contributed by atoms with Crippen LogP contribution in [0.1, 0.15) is 6.42 Å². The fraction of sp³-hybridized carbons (Fsp3) is 0.562. The van der Waals surface area contributed by atoms with Crippen LogP contribution in [0.15, 0.2) is 24.3 Å². The van der Waals surface area contributed by atoms with Crippen LogP contribution in [0.4, 0.5) is 5.69 Å². The zero-order valence-electron chi connectivity index (χ0n) is 12.5. The van der Waals surface area contributed by atoms with Crippen molar-refractivity contribution in [2.45, 2.75) is 6.42 Å². The van der Waals surface area contributed by atoms with E-state index in [0.29, 0.717) is 12.5 Å². The van der Waals surface area contributed by atoms with E-state index in [4.69, 9.17) is 4.74 Å². The van der Waals surface area contributed by atoms with Crippen LogP contribution < -0.4 is 15.4 Å². The topological polar surface area (TPSA) is 53.6 Å². The van der Waals surface area contributed by atoms with Gasteiger partial charge >= 0.3 is 0 Å². The SMILES string of the molecule is COc1ccc(NC(=O)CN2CCC3CNCC3C2)cc1. The van der Waals surface area contributed by atoms with E-state index in [9.17, 15) is 4.79 Å². The lowest BCUT2D eigenvalue weighted by atomic mass is 9.89. The molecule has 21 heavy (non-hydrogen) atoms. The summed E-state index contributed by atoms with van der Waals surface area (Å²) in [6.07, 6.45) is 1.20. The van der Waals surface area contributed by atoms with Crippen molar-refractivity contribution in [1.29, 1.82) is 0 Å². The van der Waals surface area contributed by atoms with Crippen molar-refractivity contribution in [3.63, 3.8) is 0 Å². The maximum Gasteiger partial charge on any atom is 0.238 e. The first-order valence-corrected chi connectivity index (χ1v) is 7.61. The fourth-order valence-electron chi connectivity index (χ4n) is 3.33. The summed E-state index contributed by atoms with van der Waals surface area (Å²) < 4.78 is 5.11. The quantitative estimate of drug-likeness (QED) is 0.874. The highest BCUT2D eigenvalue weighted by molar-refractivity contribution is 5.92. The number of nitrogens with zero attached hydrogens (tertiary/aromatic N) is 1. The molecule has 1 aromatic carbocycles. The summed E-state index contributed by atoms with van der Waals surface area (Å²) in [5, 5.41) is 6.40. The molecule has 1 amide bonds. The lowest BCUT2D eigenvalue weighted by Crippen LogP contribution is -2.43. The first-order valence-electron chi connectivity index (χ1n) is 7.61. The predicted octanol–water partition coefficient (Wildman–Crippen LogP) is 1.17. The molecule has 0 spiro atoms. The normalized spacial score (nSPS) is 25.4. The molecular formula is C16H23N3O2. The van der Waals surface area contributed by atoms with Crippen molar-refractivity contribution in [2.75, 3.05) is 45.2 Å². The molecule has 0 saturated carbocycles. The highest BCUT2D eigenvalue weighted by atomic mass is 16.5. The van der Waals surface area contributed by atoms with Crippen molar-refractivity contribution in [1.82, 2.24) is 10.2 Å². The van der Waals surface area contributed by atoms with Gasteiger partial charge in [0.05, 0.1) is 13.7 Å². The third kappa shape index (κ3) is 3.54. The molecule has 2 heterocycles. The summed E-state index contributed by atoms with van der Waals surface area (Å²) in [6, 6.07) is 7.43. The second kappa shape index (κ2) is 6.45. The molecule has 2 fully saturated rings. The lowest BCUT2D eigenvalue weighted by molar-refractivity contribution is -0.117. The highest BCUT2D eigenvalue weighted by Crippen LogP contribution is 2.26. The van der Waals surface area contributed by atoms with Crippen LogP contribution in [0.3, 0.4) is 0 Å². The number of piperidine rings is 1. The Kier molecular flexibility index (Phi) is 4.41. The van der Waals surface area contributed by atoms with Crippen LogP contribution in [-0.4, -0.2) is 50.6 Å². The summed E-state index contributed by atoms with van der Waals surface area (Å²) >= 11 is 0. The minimum absolute atomic E-state index is 0.0598. The lowest BCUT2D eigenvalue weighted by Gasteiger charge is -2.33. The second-order valence-electron chi connectivity index (χ2n) is 5.98. The monoisotopic (exact) mass is 289 g/mol. The van der Waals surface area contributed by atoms with Crippen LogP contribution in [0.25, 0.3) is 0 Å². The van der Waals surface area contributed by atoms with Gasteiger partial charge in [-0.25, -0.2) is 0 Å². The summed E-state index contributed by atoms with van der Waals surface area (Å²) in [6.45, 7) is 4.79. The minimum Gasteiger partial charge on any atom is -0.497 e. The molecule has 2 aliphatic rings. The number of ether oxygens (including phenoxy) is 1. The smallest absolute Gasteiger partial charge is 0.238 e. The molecule has 2 aliphatic heterocycles. The molecule has 0 bridgehead atoms. The Hall–Kier alpha value is -1.59. The third-order valence-electron chi connectivity index (χ3n) is 4.53. The average Bonchev–Trinajstić information content (AvgIpc) is 2.95. The molecule has 1 aromatic rings. The molecule has 2 N–H and O–H groups in total. The number of methoxy groups -OCH3 is 1. The maximum atomic E-state index is 12.1. The van der Waals surface area contributed by atoms with E-state index >= 15 is 0 Å². The van der Waals surface area contributed by atoms with Crippen molar-refractivity contribution in [2.24, 2.45) is 11.8 Å². The molecule has 5 nitrogen and oxygen atoms in total. The number of likely N-dealkylation sites (tertiary alicyclic amines) is 1. The molecule has 2 unspecified atom stereocenters. The molecule has 0 aliphatic carbocycles. The Morgan fingerprint density at radius 3 is 2.86 bits per heavy atom. The summed E-state index contributed by atoms with van der Waals surface area (Å²) in [5.74, 6) is 2.38. The van der Waals surface area contributed by atoms with Gasteiger partial charge in [0, 0.05) is 12.2 Å². The highest BCUT2D eigenvalue weighted by Gasteiger charge is 2.33. The van der Waals surface area contributed by atoms with Gasteiger partial charge in [0.25, 0.3) is 0 Å². The third-order valence-corrected chi connectivity index (χ3v) is 4.53. The van der Waals surface area contributed by atoms with Gasteiger partial charge in [-0.2, -0.15) is 0 Å². The largest absolute Gasteiger partial charge is 0.497 e. The van der Waals surface area contributed by atoms with Gasteiger partial charge in [-0.15, -0.1) is 0 Å². The van der Waals surface area contributed by atoms with Crippen LogP contribution in [0, 0.1) is 11.8 Å². The number of carbonyl (C=O) groups is 1. The average molecular weight is 289 g/mol. The van der Waals surface area contributed by atoms with Gasteiger partial charge in [-0.05, 0) is 62.2 Å². The standard InChI is InChI=1S/C16H23N3O2/c1-21-15-4-2-14(3-5-15)18-16(20)11-19-7-6-12-8-17-9-13(12)10-19/h2-5,12-13,17H,6-11H2,1H3,(H,18,20). The van der Waals surface area contributed by atoms with Crippen molar-refractivity contribution in [3.05, 3.63) is 24.3 Å². The molecule has 2 atom stereocenters. The molecule has 2 saturated heterocycles. The van der Waals surface area contributed by atoms with E-state index in [1.165, 1.54) is 6.42 Å². The Labute approximate surface area is 125 Å². The maximum absolute atomic E-state index is 12.1. The molecule has 0 radical (unpaired) electrons. The number of benzene rings is 1. The zero-order valence-corrected chi connectivity index (χ0v) is 12.5. The molecule has 5 heteroatoms. The number of carbonyl (C=O) groups excluding carboxylic acids is 1. The van der Waals surface area contributed by atoms with Gasteiger partial charge in [0.1, 0.15) is 5.75 Å². The van der Waals surface area contributed by atoms with E-state index in [0.717, 1.165) is 43.5 Å². The van der Waals surface area contributed by atoms with Crippen molar-refractivity contribution in [3.8, 4) is 5.75 Å². The summed E-state index contributed by atoms with van der Waals surface area (Å²) in [5.41, 5.74) is 0.818. The van der Waals surface area contributed by atoms with Gasteiger partial charge in [-0.3, -0.25) is 9.69 Å². The van der Waals surface area contributed by atoms with E-state index in [1.54, 1.807) is 7.11 Å². The van der Waals surface area contributed by atoms with Gasteiger partial charge < -0.3 is 15.4 Å². The van der Waals surface area contributed by atoms with Crippen LogP contribution >= 0.6 is 0 Å². The number of amides is 1. The van der Waals surface area contributed by atoms with Crippen molar-refractivity contribution >= 4 is 11.6 Å². The van der Waals surface area contributed by atoms with E-state index in [2.05, 4.69) is 15.5 Å². The van der Waals surface area contributed by atoms with Crippen LogP contribution in [-0.2, 0) is 4.79 Å². The predicted molar refractivity (Wildman–Crippen MR) is 82.5 cm³/mol. The number of hydrogen-bond donors (Lipinski definition) is 2. The Morgan fingerprint density at radius 2 is 2.10 bits per heavy atom. The number of rotatable bonds is 4. The minimum atomic E-state index is 0.0598. The first-order chi connectivity index (χ1) is 10.2. The Bertz CT molecular complexity index is 489. The number of hydrogen-bond acceptors (Lipinski definition) is 4. The number of anilines is 1. The van der Waals surface area contributed by atoms with Crippen LogP contribution in [0.5, 0.6) is 5.75 Å².